The van der Waals surface area contributed by atoms with Gasteiger partial charge in [-0.25, -0.2) is 0 Å². The molecule has 22 heavy (non-hydrogen) atoms. The monoisotopic (exact) mass is 309 g/mol. The highest BCUT2D eigenvalue weighted by Crippen LogP contribution is 2.41. The Bertz CT molecular complexity index is 413. The van der Waals surface area contributed by atoms with E-state index in [-0.39, 0.29) is 23.7 Å². The topological polar surface area (TPSA) is 60.9 Å². The Labute approximate surface area is 132 Å². The van der Waals surface area contributed by atoms with Crippen LogP contribution in [0.1, 0.15) is 33.1 Å². The lowest BCUT2D eigenvalue weighted by atomic mass is 10.2. The second kappa shape index (κ2) is 7.61. The summed E-state index contributed by atoms with van der Waals surface area (Å²) in [4.78, 5) is 41.0. The molecule has 1 saturated heterocycles. The van der Waals surface area contributed by atoms with E-state index in [0.29, 0.717) is 32.6 Å². The predicted octanol–water partition coefficient (Wildman–Crippen LogP) is 0.572. The zero-order chi connectivity index (χ0) is 16.1. The maximum Gasteiger partial charge on any atom is 0.226 e. The van der Waals surface area contributed by atoms with E-state index in [9.17, 15) is 14.4 Å². The van der Waals surface area contributed by atoms with Crippen LogP contribution in [0.4, 0.5) is 0 Å². The zero-order valence-electron chi connectivity index (χ0n) is 13.7. The van der Waals surface area contributed by atoms with Crippen LogP contribution in [0.5, 0.6) is 0 Å². The van der Waals surface area contributed by atoms with Crippen molar-refractivity contribution in [1.29, 1.82) is 0 Å². The highest BCUT2D eigenvalue weighted by Gasteiger charge is 2.50. The number of carbonyl (C=O) groups is 3. The van der Waals surface area contributed by atoms with Crippen LogP contribution in [-0.4, -0.2) is 72.2 Å². The van der Waals surface area contributed by atoms with E-state index in [0.717, 1.165) is 32.3 Å². The summed E-state index contributed by atoms with van der Waals surface area (Å²) in [5, 5.41) is 0. The molecule has 0 aromatic heterocycles. The molecule has 2 rings (SSSR count). The lowest BCUT2D eigenvalue weighted by molar-refractivity contribution is -0.139. The summed E-state index contributed by atoms with van der Waals surface area (Å²) in [7, 11) is 0. The van der Waals surface area contributed by atoms with Gasteiger partial charge in [0.25, 0.3) is 0 Å². The first-order valence-corrected chi connectivity index (χ1v) is 8.39. The Morgan fingerprint density at radius 1 is 1.05 bits per heavy atom. The highest BCUT2D eigenvalue weighted by molar-refractivity contribution is 5.92. The van der Waals surface area contributed by atoms with Crippen molar-refractivity contribution >= 4 is 18.2 Å². The highest BCUT2D eigenvalue weighted by atomic mass is 16.2. The van der Waals surface area contributed by atoms with Crippen molar-refractivity contribution in [3.05, 3.63) is 0 Å². The van der Waals surface area contributed by atoms with Crippen molar-refractivity contribution in [3.63, 3.8) is 0 Å². The molecule has 3 amide bonds. The average Bonchev–Trinajstić information content (AvgIpc) is 3.34. The van der Waals surface area contributed by atoms with E-state index < -0.39 is 0 Å². The normalized spacial score (nSPS) is 24.1. The molecule has 2 atom stereocenters. The number of rotatable bonds is 7. The number of carbonyl (C=O) groups excluding carboxylic acids is 3. The van der Waals surface area contributed by atoms with Crippen LogP contribution in [0.25, 0.3) is 0 Å². The molecule has 0 aromatic rings. The molecule has 2 fully saturated rings. The summed E-state index contributed by atoms with van der Waals surface area (Å²) in [6, 6.07) is 0. The molecule has 1 aliphatic heterocycles. The van der Waals surface area contributed by atoms with Gasteiger partial charge in [-0.05, 0) is 19.3 Å². The SMILES string of the molecule is CCCN(CCC)C(=O)C1CC1C(=O)N1CCN(C=O)CC1. The molecule has 2 unspecified atom stereocenters. The second-order valence-electron chi connectivity index (χ2n) is 6.24. The average molecular weight is 309 g/mol. The minimum atomic E-state index is -0.133. The fourth-order valence-electron chi connectivity index (χ4n) is 3.13. The van der Waals surface area contributed by atoms with Crippen molar-refractivity contribution in [2.75, 3.05) is 39.3 Å². The van der Waals surface area contributed by atoms with Gasteiger partial charge in [-0.1, -0.05) is 13.8 Å². The van der Waals surface area contributed by atoms with Gasteiger partial charge >= 0.3 is 0 Å². The summed E-state index contributed by atoms with van der Waals surface area (Å²) in [6.45, 7) is 8.06. The van der Waals surface area contributed by atoms with Crippen LogP contribution in [0, 0.1) is 11.8 Å². The lowest BCUT2D eigenvalue weighted by Gasteiger charge is -2.32. The molecule has 0 aromatic carbocycles. The fraction of sp³-hybridized carbons (Fsp3) is 0.812. The van der Waals surface area contributed by atoms with Gasteiger partial charge in [0.05, 0.1) is 11.8 Å². The van der Waals surface area contributed by atoms with E-state index in [4.69, 9.17) is 0 Å². The molecule has 124 valence electrons. The van der Waals surface area contributed by atoms with Gasteiger partial charge in [0.2, 0.25) is 18.2 Å². The minimum Gasteiger partial charge on any atom is -0.342 e. The van der Waals surface area contributed by atoms with Gasteiger partial charge in [-0.15, -0.1) is 0 Å². The molecular formula is C16H27N3O3. The van der Waals surface area contributed by atoms with Crippen LogP contribution in [0.15, 0.2) is 0 Å². The van der Waals surface area contributed by atoms with E-state index in [1.165, 1.54) is 0 Å². The molecule has 6 nitrogen and oxygen atoms in total. The van der Waals surface area contributed by atoms with Crippen LogP contribution < -0.4 is 0 Å². The number of nitrogens with zero attached hydrogens (tertiary/aromatic N) is 3. The smallest absolute Gasteiger partial charge is 0.226 e. The quantitative estimate of drug-likeness (QED) is 0.646. The summed E-state index contributed by atoms with van der Waals surface area (Å²) in [5.74, 6) is -0.00776. The van der Waals surface area contributed by atoms with Gasteiger partial charge in [0.15, 0.2) is 0 Å². The summed E-state index contributed by atoms with van der Waals surface area (Å²) in [5.41, 5.74) is 0. The molecular weight excluding hydrogens is 282 g/mol. The minimum absolute atomic E-state index is 0.0943. The standard InChI is InChI=1S/C16H27N3O3/c1-3-5-18(6-4-2)15(21)13-11-14(13)16(22)19-9-7-17(12-20)8-10-19/h12-14H,3-11H2,1-2H3. The lowest BCUT2D eigenvalue weighted by Crippen LogP contribution is -2.49. The molecule has 0 spiro atoms. The largest absolute Gasteiger partial charge is 0.342 e. The summed E-state index contributed by atoms with van der Waals surface area (Å²) >= 11 is 0. The zero-order valence-corrected chi connectivity index (χ0v) is 13.7. The van der Waals surface area contributed by atoms with E-state index in [1.807, 2.05) is 9.80 Å². The van der Waals surface area contributed by atoms with E-state index in [2.05, 4.69) is 13.8 Å². The van der Waals surface area contributed by atoms with Crippen molar-refractivity contribution < 1.29 is 14.4 Å². The molecule has 1 heterocycles. The Balaban J connectivity index is 1.84. The Kier molecular flexibility index (Phi) is 5.80. The number of amides is 3. The summed E-state index contributed by atoms with van der Waals surface area (Å²) in [6.07, 6.45) is 3.42. The van der Waals surface area contributed by atoms with Crippen molar-refractivity contribution in [2.45, 2.75) is 33.1 Å². The van der Waals surface area contributed by atoms with Crippen LogP contribution in [-0.2, 0) is 14.4 Å². The molecule has 1 saturated carbocycles. The van der Waals surface area contributed by atoms with Crippen molar-refractivity contribution in [2.24, 2.45) is 11.8 Å². The van der Waals surface area contributed by atoms with Crippen LogP contribution in [0.3, 0.4) is 0 Å². The second-order valence-corrected chi connectivity index (χ2v) is 6.24. The van der Waals surface area contributed by atoms with Gasteiger partial charge < -0.3 is 14.7 Å². The van der Waals surface area contributed by atoms with E-state index in [1.54, 1.807) is 4.90 Å². The van der Waals surface area contributed by atoms with Gasteiger partial charge in [0.1, 0.15) is 0 Å². The molecule has 6 heteroatoms. The number of hydrogen-bond acceptors (Lipinski definition) is 3. The Morgan fingerprint density at radius 3 is 2.14 bits per heavy atom. The Hall–Kier alpha value is -1.59. The first-order valence-electron chi connectivity index (χ1n) is 8.39. The van der Waals surface area contributed by atoms with E-state index >= 15 is 0 Å². The van der Waals surface area contributed by atoms with Crippen molar-refractivity contribution in [3.8, 4) is 0 Å². The molecule has 0 radical (unpaired) electrons. The maximum atomic E-state index is 12.5. The molecule has 2 aliphatic rings. The van der Waals surface area contributed by atoms with Gasteiger partial charge in [-0.3, -0.25) is 14.4 Å². The van der Waals surface area contributed by atoms with Gasteiger partial charge in [0, 0.05) is 39.3 Å². The van der Waals surface area contributed by atoms with Crippen molar-refractivity contribution in [1.82, 2.24) is 14.7 Å². The Morgan fingerprint density at radius 2 is 1.64 bits per heavy atom. The van der Waals surface area contributed by atoms with Crippen LogP contribution in [0.2, 0.25) is 0 Å². The third-order valence-corrected chi connectivity index (χ3v) is 4.50. The molecule has 0 bridgehead atoms. The first-order chi connectivity index (χ1) is 10.6. The number of piperazine rings is 1. The van der Waals surface area contributed by atoms with Crippen LogP contribution >= 0.6 is 0 Å². The number of hydrogen-bond donors (Lipinski definition) is 0. The fourth-order valence-corrected chi connectivity index (χ4v) is 3.13. The first kappa shape index (κ1) is 16.8. The van der Waals surface area contributed by atoms with Gasteiger partial charge in [-0.2, -0.15) is 0 Å². The third-order valence-electron chi connectivity index (χ3n) is 4.50. The third kappa shape index (κ3) is 3.78. The molecule has 0 N–H and O–H groups in total. The summed E-state index contributed by atoms with van der Waals surface area (Å²) < 4.78 is 0. The maximum absolute atomic E-state index is 12.5. The molecule has 1 aliphatic carbocycles. The predicted molar refractivity (Wildman–Crippen MR) is 83.0 cm³/mol.